The van der Waals surface area contributed by atoms with Gasteiger partial charge in [0.15, 0.2) is 5.41 Å². The van der Waals surface area contributed by atoms with Gasteiger partial charge in [-0.2, -0.15) is 0 Å². The van der Waals surface area contributed by atoms with E-state index in [4.69, 9.17) is 5.73 Å². The first-order chi connectivity index (χ1) is 12.3. The topological polar surface area (TPSA) is 90.2 Å². The van der Waals surface area contributed by atoms with E-state index in [1.54, 1.807) is 0 Å². The minimum absolute atomic E-state index is 0.252. The van der Waals surface area contributed by atoms with Gasteiger partial charge in [-0.3, -0.25) is 19.4 Å². The fourth-order valence-corrected chi connectivity index (χ4v) is 4.60. The first-order valence-corrected chi connectivity index (χ1v) is 8.71. The third-order valence-corrected chi connectivity index (χ3v) is 5.98. The van der Waals surface area contributed by atoms with Gasteiger partial charge in [0.2, 0.25) is 11.8 Å². The van der Waals surface area contributed by atoms with Crippen LogP contribution in [0.25, 0.3) is 0 Å². The number of imide groups is 2. The van der Waals surface area contributed by atoms with E-state index in [0.29, 0.717) is 18.8 Å². The number of piperazine rings is 1. The van der Waals surface area contributed by atoms with E-state index in [-0.39, 0.29) is 12.5 Å². The second-order valence-electron chi connectivity index (χ2n) is 7.52. The number of fused-ring (bicyclic) bond motifs is 4. The number of anilines is 2. The fraction of sp³-hybridized carbons (Fsp3) is 0.500. The quantitative estimate of drug-likeness (QED) is 0.519. The number of rotatable bonds is 0. The number of urea groups is 1. The van der Waals surface area contributed by atoms with E-state index in [1.165, 1.54) is 14.1 Å². The standard InChI is InChI=1S/C18H23N5O3/c1-20-6-7-23-13-5-4-12(19)8-11(13)9-18(14(23)10-20)15(24)21(2)17(26)22(3)16(18)25/h4-5,8,14H,6-7,9-10,19H2,1-3H3. The van der Waals surface area contributed by atoms with Crippen molar-refractivity contribution >= 4 is 29.2 Å². The molecule has 3 heterocycles. The van der Waals surface area contributed by atoms with Crippen LogP contribution in [0.4, 0.5) is 16.2 Å². The van der Waals surface area contributed by atoms with Gasteiger partial charge in [0.05, 0.1) is 6.04 Å². The largest absolute Gasteiger partial charge is 0.399 e. The third-order valence-electron chi connectivity index (χ3n) is 5.98. The van der Waals surface area contributed by atoms with Crippen LogP contribution in [0, 0.1) is 5.41 Å². The Hall–Kier alpha value is -2.61. The van der Waals surface area contributed by atoms with Crippen molar-refractivity contribution in [3.8, 4) is 0 Å². The van der Waals surface area contributed by atoms with Crippen LogP contribution in [0.15, 0.2) is 18.2 Å². The normalized spacial score (nSPS) is 25.6. The van der Waals surface area contributed by atoms with Crippen molar-refractivity contribution in [2.45, 2.75) is 12.5 Å². The van der Waals surface area contributed by atoms with Gasteiger partial charge in [0.25, 0.3) is 0 Å². The highest BCUT2D eigenvalue weighted by Gasteiger charge is 2.63. The second-order valence-corrected chi connectivity index (χ2v) is 7.52. The minimum atomic E-state index is -1.31. The van der Waals surface area contributed by atoms with Gasteiger partial charge in [-0.05, 0) is 37.2 Å². The van der Waals surface area contributed by atoms with Crippen LogP contribution in [-0.2, 0) is 16.0 Å². The zero-order valence-corrected chi connectivity index (χ0v) is 15.2. The maximum atomic E-state index is 13.3. The van der Waals surface area contributed by atoms with Gasteiger partial charge in [0.1, 0.15) is 0 Å². The molecule has 1 spiro atoms. The number of nitrogens with two attached hydrogens (primary N) is 1. The van der Waals surface area contributed by atoms with Crippen LogP contribution in [0.2, 0.25) is 0 Å². The number of carbonyl (C=O) groups is 3. The molecule has 1 unspecified atom stereocenters. The lowest BCUT2D eigenvalue weighted by Crippen LogP contribution is -2.74. The van der Waals surface area contributed by atoms with Crippen LogP contribution in [-0.4, -0.2) is 79.4 Å². The molecule has 8 heteroatoms. The summed E-state index contributed by atoms with van der Waals surface area (Å²) < 4.78 is 0. The number of nitrogens with zero attached hydrogens (tertiary/aromatic N) is 4. The number of hydrogen-bond acceptors (Lipinski definition) is 6. The fourth-order valence-electron chi connectivity index (χ4n) is 4.60. The van der Waals surface area contributed by atoms with E-state index < -0.39 is 23.3 Å². The highest BCUT2D eigenvalue weighted by Crippen LogP contribution is 2.46. The molecular formula is C18H23N5O3. The summed E-state index contributed by atoms with van der Waals surface area (Å²) >= 11 is 0. The SMILES string of the molecule is CN1CCN2c3ccc(N)cc3CC3(C(=O)N(C)C(=O)N(C)C3=O)C2C1. The molecule has 0 radical (unpaired) electrons. The van der Waals surface area contributed by atoms with E-state index in [9.17, 15) is 14.4 Å². The van der Waals surface area contributed by atoms with Gasteiger partial charge in [0, 0.05) is 45.1 Å². The van der Waals surface area contributed by atoms with Crippen LogP contribution in [0.3, 0.4) is 0 Å². The summed E-state index contributed by atoms with van der Waals surface area (Å²) in [7, 11) is 4.88. The molecule has 2 saturated heterocycles. The lowest BCUT2D eigenvalue weighted by atomic mass is 9.67. The van der Waals surface area contributed by atoms with Crippen LogP contribution in [0.1, 0.15) is 5.56 Å². The third kappa shape index (κ3) is 2.02. The number of barbiturate groups is 1. The zero-order valence-electron chi connectivity index (χ0n) is 15.2. The summed E-state index contributed by atoms with van der Waals surface area (Å²) in [6.45, 7) is 2.13. The summed E-state index contributed by atoms with van der Waals surface area (Å²) in [5.74, 6) is -0.854. The molecule has 8 nitrogen and oxygen atoms in total. The van der Waals surface area contributed by atoms with Crippen molar-refractivity contribution < 1.29 is 14.4 Å². The van der Waals surface area contributed by atoms with Gasteiger partial charge in [-0.15, -0.1) is 0 Å². The minimum Gasteiger partial charge on any atom is -0.399 e. The molecule has 138 valence electrons. The monoisotopic (exact) mass is 357 g/mol. The Bertz CT molecular complexity index is 799. The van der Waals surface area contributed by atoms with Gasteiger partial charge >= 0.3 is 6.03 Å². The maximum absolute atomic E-state index is 13.3. The van der Waals surface area contributed by atoms with Crippen molar-refractivity contribution in [1.29, 1.82) is 0 Å². The molecule has 1 aromatic rings. The van der Waals surface area contributed by atoms with Crippen LogP contribution < -0.4 is 10.6 Å². The first kappa shape index (κ1) is 16.8. The lowest BCUT2D eigenvalue weighted by Gasteiger charge is -2.55. The lowest BCUT2D eigenvalue weighted by molar-refractivity contribution is -0.160. The number of carbonyl (C=O) groups excluding carboxylic acids is 3. The second kappa shape index (κ2) is 5.44. The predicted molar refractivity (Wildman–Crippen MR) is 96.6 cm³/mol. The Kier molecular flexibility index (Phi) is 3.52. The summed E-state index contributed by atoms with van der Waals surface area (Å²) in [6, 6.07) is 4.74. The van der Waals surface area contributed by atoms with Gasteiger partial charge in [-0.1, -0.05) is 0 Å². The molecule has 0 bridgehead atoms. The first-order valence-electron chi connectivity index (χ1n) is 8.71. The Morgan fingerprint density at radius 3 is 2.35 bits per heavy atom. The molecule has 3 aliphatic heterocycles. The Balaban J connectivity index is 1.93. The number of likely N-dealkylation sites (N-methyl/N-ethyl adjacent to an activating group) is 1. The molecule has 3 aliphatic rings. The molecule has 0 aliphatic carbocycles. The number of hydrogen-bond donors (Lipinski definition) is 1. The van der Waals surface area contributed by atoms with Gasteiger partial charge < -0.3 is 15.5 Å². The van der Waals surface area contributed by atoms with Crippen molar-refractivity contribution in [3.05, 3.63) is 23.8 Å². The Morgan fingerprint density at radius 2 is 1.69 bits per heavy atom. The van der Waals surface area contributed by atoms with Crippen molar-refractivity contribution in [3.63, 3.8) is 0 Å². The Labute approximate surface area is 152 Å². The summed E-state index contributed by atoms with van der Waals surface area (Å²) in [5, 5.41) is 0. The number of amides is 4. The average Bonchev–Trinajstić information content (AvgIpc) is 2.62. The smallest absolute Gasteiger partial charge is 0.332 e. The van der Waals surface area contributed by atoms with Crippen LogP contribution >= 0.6 is 0 Å². The summed E-state index contributed by atoms with van der Waals surface area (Å²) in [4.78, 5) is 45.3. The van der Waals surface area contributed by atoms with E-state index in [2.05, 4.69) is 9.80 Å². The molecule has 4 amide bonds. The van der Waals surface area contributed by atoms with Crippen molar-refractivity contribution in [2.24, 2.45) is 5.41 Å². The molecular weight excluding hydrogens is 334 g/mol. The molecule has 4 rings (SSSR count). The highest BCUT2D eigenvalue weighted by molar-refractivity contribution is 6.20. The highest BCUT2D eigenvalue weighted by atomic mass is 16.2. The van der Waals surface area contributed by atoms with Crippen molar-refractivity contribution in [2.75, 3.05) is 51.4 Å². The van der Waals surface area contributed by atoms with E-state index >= 15 is 0 Å². The predicted octanol–water partition coefficient (Wildman–Crippen LogP) is -0.0179. The molecule has 1 aromatic carbocycles. The number of benzene rings is 1. The van der Waals surface area contributed by atoms with E-state index in [1.807, 2.05) is 25.2 Å². The van der Waals surface area contributed by atoms with Crippen molar-refractivity contribution in [1.82, 2.24) is 14.7 Å². The molecule has 2 fully saturated rings. The van der Waals surface area contributed by atoms with Gasteiger partial charge in [-0.25, -0.2) is 4.79 Å². The molecule has 1 atom stereocenters. The average molecular weight is 357 g/mol. The molecule has 0 aromatic heterocycles. The number of nitrogen functional groups attached to an aromatic ring is 1. The molecule has 26 heavy (non-hydrogen) atoms. The van der Waals surface area contributed by atoms with Crippen LogP contribution in [0.5, 0.6) is 0 Å². The van der Waals surface area contributed by atoms with E-state index in [0.717, 1.165) is 27.6 Å². The molecule has 0 saturated carbocycles. The molecule has 2 N–H and O–H groups in total. The Morgan fingerprint density at radius 1 is 1.04 bits per heavy atom. The maximum Gasteiger partial charge on any atom is 0.332 e. The summed E-state index contributed by atoms with van der Waals surface area (Å²) in [6.07, 6.45) is 0.252. The zero-order chi connectivity index (χ0) is 18.8. The summed E-state index contributed by atoms with van der Waals surface area (Å²) in [5.41, 5.74) is 7.15.